The molecule has 0 bridgehead atoms. The molecule has 1 aromatic heterocycles. The third-order valence-electron chi connectivity index (χ3n) is 5.50. The third-order valence-corrected chi connectivity index (χ3v) is 6.07. The molecule has 6 heteroatoms. The van der Waals surface area contributed by atoms with Gasteiger partial charge in [0.1, 0.15) is 4.64 Å². The lowest BCUT2D eigenvalue weighted by Gasteiger charge is -2.32. The van der Waals surface area contributed by atoms with Gasteiger partial charge >= 0.3 is 5.97 Å². The second-order valence-corrected chi connectivity index (χ2v) is 9.56. The summed E-state index contributed by atoms with van der Waals surface area (Å²) >= 11 is 10.3. The molecule has 1 unspecified atom stereocenters. The van der Waals surface area contributed by atoms with Crippen LogP contribution in [-0.4, -0.2) is 22.1 Å². The fourth-order valence-electron chi connectivity index (χ4n) is 3.44. The van der Waals surface area contributed by atoms with Crippen LogP contribution in [0.4, 0.5) is 0 Å². The summed E-state index contributed by atoms with van der Waals surface area (Å²) in [5.41, 5.74) is -0.379. The fourth-order valence-corrected chi connectivity index (χ4v) is 3.93. The molecule has 28 heavy (non-hydrogen) atoms. The van der Waals surface area contributed by atoms with E-state index in [9.17, 15) is 4.79 Å². The van der Waals surface area contributed by atoms with Crippen molar-refractivity contribution >= 4 is 30.4 Å². The Bertz CT molecular complexity index is 709. The first-order valence-electron chi connectivity index (χ1n) is 10.6. The molecule has 1 rings (SSSR count). The van der Waals surface area contributed by atoms with E-state index in [0.29, 0.717) is 21.9 Å². The fraction of sp³-hybridized carbons (Fsp3) is 0.773. The number of nitrogens with zero attached hydrogens (tertiary/aromatic N) is 1. The molecule has 1 atom stereocenters. The van der Waals surface area contributed by atoms with E-state index in [4.69, 9.17) is 29.2 Å². The predicted octanol–water partition coefficient (Wildman–Crippen LogP) is 6.87. The molecule has 0 spiro atoms. The number of unbranched alkanes of at least 4 members (excludes halogenated alkanes) is 5. The van der Waals surface area contributed by atoms with E-state index in [1.54, 1.807) is 0 Å². The van der Waals surface area contributed by atoms with Crippen LogP contribution >= 0.6 is 24.4 Å². The van der Waals surface area contributed by atoms with E-state index >= 15 is 0 Å². The number of aryl methyl sites for hydroxylation is 1. The normalized spacial score (nSPS) is 13.7. The number of ether oxygens (including phenoxy) is 1. The van der Waals surface area contributed by atoms with Gasteiger partial charge in [-0.25, -0.2) is 0 Å². The second-order valence-electron chi connectivity index (χ2n) is 8.73. The summed E-state index contributed by atoms with van der Waals surface area (Å²) in [6.45, 7) is 12.1. The number of carbonyl (C=O) groups is 1. The number of hydrogen-bond acceptors (Lipinski definition) is 4. The largest absolute Gasteiger partial charge is 0.465 e. The molecule has 0 radical (unpaired) electrons. The highest BCUT2D eigenvalue weighted by molar-refractivity contribution is 7.72. The zero-order valence-corrected chi connectivity index (χ0v) is 19.9. The van der Waals surface area contributed by atoms with Crippen molar-refractivity contribution in [3.8, 4) is 0 Å². The van der Waals surface area contributed by atoms with E-state index in [2.05, 4.69) is 32.7 Å². The van der Waals surface area contributed by atoms with Gasteiger partial charge in [0.05, 0.1) is 12.0 Å². The highest BCUT2D eigenvalue weighted by Crippen LogP contribution is 2.35. The number of hydrogen-bond donors (Lipinski definition) is 1. The van der Waals surface area contributed by atoms with Gasteiger partial charge in [-0.1, -0.05) is 65.6 Å². The summed E-state index contributed by atoms with van der Waals surface area (Å²) in [6, 6.07) is 1.87. The minimum atomic E-state index is -0.379. The lowest BCUT2D eigenvalue weighted by Crippen LogP contribution is -2.36. The SMILES string of the molecule is CC(C)CC(C)(C(=O)OCCCCCCCCn1ccc(=S)[nH]c1=S)C(C)C. The van der Waals surface area contributed by atoms with Crippen molar-refractivity contribution in [1.29, 1.82) is 0 Å². The van der Waals surface area contributed by atoms with Gasteiger partial charge in [-0.15, -0.1) is 0 Å². The average Bonchev–Trinajstić information content (AvgIpc) is 2.60. The first kappa shape index (κ1) is 25.0. The van der Waals surface area contributed by atoms with Gasteiger partial charge in [-0.2, -0.15) is 0 Å². The summed E-state index contributed by atoms with van der Waals surface area (Å²) in [7, 11) is 0. The molecule has 0 fully saturated rings. The summed E-state index contributed by atoms with van der Waals surface area (Å²) in [5.74, 6) is 0.743. The lowest BCUT2D eigenvalue weighted by atomic mass is 9.73. The maximum Gasteiger partial charge on any atom is 0.312 e. The van der Waals surface area contributed by atoms with Crippen LogP contribution in [-0.2, 0) is 16.1 Å². The van der Waals surface area contributed by atoms with E-state index < -0.39 is 0 Å². The third kappa shape index (κ3) is 8.56. The van der Waals surface area contributed by atoms with Crippen LogP contribution in [0.15, 0.2) is 12.3 Å². The number of carbonyl (C=O) groups excluding carboxylic acids is 1. The Morgan fingerprint density at radius 2 is 1.71 bits per heavy atom. The van der Waals surface area contributed by atoms with Crippen LogP contribution in [0.2, 0.25) is 0 Å². The van der Waals surface area contributed by atoms with Gasteiger partial charge < -0.3 is 14.3 Å². The Morgan fingerprint density at radius 3 is 2.29 bits per heavy atom. The molecular formula is C22H38N2O2S2. The maximum absolute atomic E-state index is 12.6. The van der Waals surface area contributed by atoms with Gasteiger partial charge in [0.25, 0.3) is 0 Å². The van der Waals surface area contributed by atoms with Crippen LogP contribution in [0.3, 0.4) is 0 Å². The lowest BCUT2D eigenvalue weighted by molar-refractivity contribution is -0.159. The Morgan fingerprint density at radius 1 is 1.11 bits per heavy atom. The van der Waals surface area contributed by atoms with Crippen molar-refractivity contribution in [1.82, 2.24) is 9.55 Å². The van der Waals surface area contributed by atoms with Crippen LogP contribution in [0, 0.1) is 26.7 Å². The first-order chi connectivity index (χ1) is 13.2. The van der Waals surface area contributed by atoms with Crippen LogP contribution in [0.25, 0.3) is 0 Å². The Kier molecular flexibility index (Phi) is 11.2. The highest BCUT2D eigenvalue weighted by Gasteiger charge is 2.38. The number of H-pyrrole nitrogens is 1. The number of aromatic amines is 1. The van der Waals surface area contributed by atoms with Crippen LogP contribution < -0.4 is 0 Å². The molecule has 0 aliphatic carbocycles. The maximum atomic E-state index is 12.6. The van der Waals surface area contributed by atoms with Crippen molar-refractivity contribution in [2.24, 2.45) is 17.3 Å². The number of esters is 1. The van der Waals surface area contributed by atoms with Crippen molar-refractivity contribution < 1.29 is 9.53 Å². The molecule has 1 N–H and O–H groups in total. The monoisotopic (exact) mass is 426 g/mol. The quantitative estimate of drug-likeness (QED) is 0.212. The summed E-state index contributed by atoms with van der Waals surface area (Å²) in [4.78, 5) is 15.6. The van der Waals surface area contributed by atoms with Gasteiger partial charge in [0.15, 0.2) is 4.77 Å². The topological polar surface area (TPSA) is 47.0 Å². The smallest absolute Gasteiger partial charge is 0.312 e. The first-order valence-corrected chi connectivity index (χ1v) is 11.5. The molecule has 0 saturated carbocycles. The molecular weight excluding hydrogens is 388 g/mol. The minimum Gasteiger partial charge on any atom is -0.465 e. The van der Waals surface area contributed by atoms with E-state index in [0.717, 1.165) is 32.2 Å². The number of aromatic nitrogens is 2. The molecule has 4 nitrogen and oxygen atoms in total. The Labute approximate surface area is 181 Å². The van der Waals surface area contributed by atoms with Gasteiger partial charge in [0, 0.05) is 12.7 Å². The highest BCUT2D eigenvalue weighted by atomic mass is 32.1. The van der Waals surface area contributed by atoms with Gasteiger partial charge in [0.2, 0.25) is 0 Å². The van der Waals surface area contributed by atoms with E-state index in [-0.39, 0.29) is 17.3 Å². The van der Waals surface area contributed by atoms with Crippen molar-refractivity contribution in [3.05, 3.63) is 21.7 Å². The number of nitrogens with one attached hydrogen (secondary N) is 1. The van der Waals surface area contributed by atoms with E-state index in [1.807, 2.05) is 23.8 Å². The van der Waals surface area contributed by atoms with Crippen LogP contribution in [0.5, 0.6) is 0 Å². The summed E-state index contributed by atoms with van der Waals surface area (Å²) in [5, 5.41) is 0. The molecule has 1 heterocycles. The van der Waals surface area contributed by atoms with Crippen molar-refractivity contribution in [2.45, 2.75) is 86.1 Å². The molecule has 0 aliphatic heterocycles. The Hall–Kier alpha value is -1.01. The van der Waals surface area contributed by atoms with E-state index in [1.165, 1.54) is 19.3 Å². The summed E-state index contributed by atoms with van der Waals surface area (Å²) in [6.07, 6.45) is 9.54. The van der Waals surface area contributed by atoms with Gasteiger partial charge in [-0.05, 0) is 56.3 Å². The van der Waals surface area contributed by atoms with Crippen molar-refractivity contribution in [3.63, 3.8) is 0 Å². The Balaban J connectivity index is 2.16. The standard InChI is InChI=1S/C22H38N2O2S2/c1-17(2)16-22(5,18(3)4)20(25)26-15-11-9-7-6-8-10-13-24-14-12-19(27)23-21(24)28/h12,14,17-18H,6-11,13,15-16H2,1-5H3,(H,23,27,28). The minimum absolute atomic E-state index is 0.0325. The molecule has 0 aliphatic rings. The number of rotatable bonds is 13. The molecule has 0 amide bonds. The average molecular weight is 427 g/mol. The van der Waals surface area contributed by atoms with Gasteiger partial charge in [-0.3, -0.25) is 4.79 Å². The zero-order chi connectivity index (χ0) is 21.2. The zero-order valence-electron chi connectivity index (χ0n) is 18.3. The molecule has 160 valence electrons. The van der Waals surface area contributed by atoms with Crippen molar-refractivity contribution in [2.75, 3.05) is 6.61 Å². The predicted molar refractivity (Wildman–Crippen MR) is 122 cm³/mol. The van der Waals surface area contributed by atoms with Crippen LogP contribution in [0.1, 0.15) is 79.6 Å². The molecule has 0 saturated heterocycles. The summed E-state index contributed by atoms with van der Waals surface area (Å²) < 4.78 is 9.02. The second kappa shape index (κ2) is 12.5. The molecule has 0 aromatic carbocycles. The molecule has 1 aromatic rings.